The molecule has 0 amide bonds. The average Bonchev–Trinajstić information content (AvgIpc) is 2.85. The molecule has 1 aliphatic heterocycles. The van der Waals surface area contributed by atoms with E-state index in [9.17, 15) is 8.78 Å². The van der Waals surface area contributed by atoms with Crippen LogP contribution in [0.2, 0.25) is 0 Å². The summed E-state index contributed by atoms with van der Waals surface area (Å²) in [4.78, 5) is 0. The summed E-state index contributed by atoms with van der Waals surface area (Å²) in [5.74, 6) is -1.07. The molecule has 1 saturated carbocycles. The van der Waals surface area contributed by atoms with Gasteiger partial charge in [-0.2, -0.15) is 0 Å². The monoisotopic (exact) mass is 359 g/mol. The molecular formula is C16H20BrF2NO. The largest absolute Gasteiger partial charge is 0.375 e. The van der Waals surface area contributed by atoms with Crippen molar-refractivity contribution in [2.75, 3.05) is 6.61 Å². The second-order valence-corrected chi connectivity index (χ2v) is 7.22. The molecule has 1 heterocycles. The minimum absolute atomic E-state index is 0.0123. The van der Waals surface area contributed by atoms with Crippen LogP contribution in [-0.2, 0) is 4.74 Å². The van der Waals surface area contributed by atoms with Crippen LogP contribution in [0.3, 0.4) is 0 Å². The molecule has 5 heteroatoms. The molecule has 1 aromatic carbocycles. The van der Waals surface area contributed by atoms with Crippen LogP contribution >= 0.6 is 15.9 Å². The summed E-state index contributed by atoms with van der Waals surface area (Å²) in [6.45, 7) is 0.637. The molecule has 116 valence electrons. The highest BCUT2D eigenvalue weighted by Gasteiger charge is 2.42. The smallest absolute Gasteiger partial charge is 0.132 e. The molecular weight excluding hydrogens is 340 g/mol. The van der Waals surface area contributed by atoms with Crippen molar-refractivity contribution in [3.63, 3.8) is 0 Å². The minimum atomic E-state index is -0.612. The highest BCUT2D eigenvalue weighted by molar-refractivity contribution is 9.10. The first-order valence-corrected chi connectivity index (χ1v) is 8.34. The lowest BCUT2D eigenvalue weighted by Crippen LogP contribution is -2.41. The van der Waals surface area contributed by atoms with Crippen molar-refractivity contribution in [2.45, 2.75) is 50.2 Å². The molecule has 0 radical (unpaired) electrons. The van der Waals surface area contributed by atoms with E-state index in [4.69, 9.17) is 10.5 Å². The molecule has 1 spiro atoms. The Kier molecular flexibility index (Phi) is 4.35. The lowest BCUT2D eigenvalue weighted by atomic mass is 9.78. The summed E-state index contributed by atoms with van der Waals surface area (Å²) < 4.78 is 34.6. The number of ether oxygens (including phenoxy) is 1. The first-order chi connectivity index (χ1) is 10.0. The van der Waals surface area contributed by atoms with Gasteiger partial charge in [0.2, 0.25) is 0 Å². The van der Waals surface area contributed by atoms with Crippen molar-refractivity contribution in [2.24, 2.45) is 11.7 Å². The maximum Gasteiger partial charge on any atom is 0.132 e. The minimum Gasteiger partial charge on any atom is -0.375 e. The van der Waals surface area contributed by atoms with Gasteiger partial charge in [0.1, 0.15) is 11.6 Å². The normalized spacial score (nSPS) is 26.2. The number of hydrogen-bond donors (Lipinski definition) is 1. The van der Waals surface area contributed by atoms with Crippen LogP contribution in [0, 0.1) is 17.6 Å². The van der Waals surface area contributed by atoms with Gasteiger partial charge < -0.3 is 10.5 Å². The van der Waals surface area contributed by atoms with E-state index in [0.717, 1.165) is 25.7 Å². The quantitative estimate of drug-likeness (QED) is 0.845. The topological polar surface area (TPSA) is 35.2 Å². The molecule has 2 fully saturated rings. The van der Waals surface area contributed by atoms with Crippen molar-refractivity contribution >= 4 is 15.9 Å². The number of halogens is 3. The van der Waals surface area contributed by atoms with Gasteiger partial charge in [-0.25, -0.2) is 8.78 Å². The van der Waals surface area contributed by atoms with Crippen molar-refractivity contribution in [1.82, 2.24) is 0 Å². The highest BCUT2D eigenvalue weighted by Crippen LogP contribution is 2.45. The van der Waals surface area contributed by atoms with Crippen LogP contribution in [0.25, 0.3) is 0 Å². The van der Waals surface area contributed by atoms with E-state index in [1.165, 1.54) is 25.0 Å². The molecule has 21 heavy (non-hydrogen) atoms. The fourth-order valence-electron chi connectivity index (χ4n) is 3.85. The van der Waals surface area contributed by atoms with Crippen LogP contribution in [0.4, 0.5) is 8.78 Å². The van der Waals surface area contributed by atoms with Crippen molar-refractivity contribution in [3.05, 3.63) is 33.8 Å². The molecule has 0 bridgehead atoms. The lowest BCUT2D eigenvalue weighted by Gasteiger charge is -2.40. The van der Waals surface area contributed by atoms with Gasteiger partial charge in [-0.15, -0.1) is 0 Å². The number of hydrogen-bond acceptors (Lipinski definition) is 2. The molecule has 1 aromatic rings. The third-order valence-electron chi connectivity index (χ3n) is 4.93. The summed E-state index contributed by atoms with van der Waals surface area (Å²) in [5, 5.41) is 0. The maximum atomic E-state index is 14.1. The van der Waals surface area contributed by atoms with E-state index in [1.807, 2.05) is 0 Å². The Hall–Kier alpha value is -0.520. The van der Waals surface area contributed by atoms with Crippen molar-refractivity contribution in [3.8, 4) is 0 Å². The average molecular weight is 360 g/mol. The zero-order valence-electron chi connectivity index (χ0n) is 11.9. The summed E-state index contributed by atoms with van der Waals surface area (Å²) in [7, 11) is 0. The first-order valence-electron chi connectivity index (χ1n) is 7.55. The van der Waals surface area contributed by atoms with Gasteiger partial charge in [-0.05, 0) is 43.7 Å². The van der Waals surface area contributed by atoms with Crippen LogP contribution in [0.1, 0.15) is 50.1 Å². The number of rotatable bonds is 2. The Balaban J connectivity index is 1.83. The SMILES string of the molecule is NC(c1c(F)cc(Br)cc1F)C1CCOC2(CCCC2)C1. The Morgan fingerprint density at radius 3 is 2.48 bits per heavy atom. The van der Waals surface area contributed by atoms with E-state index in [0.29, 0.717) is 11.1 Å². The fourth-order valence-corrected chi connectivity index (χ4v) is 4.25. The van der Waals surface area contributed by atoms with Crippen LogP contribution in [0.15, 0.2) is 16.6 Å². The van der Waals surface area contributed by atoms with Crippen LogP contribution < -0.4 is 5.73 Å². The zero-order chi connectivity index (χ0) is 15.0. The molecule has 3 rings (SSSR count). The fraction of sp³-hybridized carbons (Fsp3) is 0.625. The van der Waals surface area contributed by atoms with E-state index in [2.05, 4.69) is 15.9 Å². The third kappa shape index (κ3) is 3.01. The van der Waals surface area contributed by atoms with Gasteiger partial charge in [0, 0.05) is 22.7 Å². The van der Waals surface area contributed by atoms with Gasteiger partial charge >= 0.3 is 0 Å². The third-order valence-corrected chi connectivity index (χ3v) is 5.39. The second-order valence-electron chi connectivity index (χ2n) is 6.30. The summed E-state index contributed by atoms with van der Waals surface area (Å²) in [6, 6.07) is 1.95. The zero-order valence-corrected chi connectivity index (χ0v) is 13.5. The van der Waals surface area contributed by atoms with E-state index in [1.54, 1.807) is 0 Å². The van der Waals surface area contributed by atoms with Gasteiger partial charge in [0.05, 0.1) is 5.60 Å². The highest BCUT2D eigenvalue weighted by atomic mass is 79.9. The molecule has 1 aliphatic carbocycles. The van der Waals surface area contributed by atoms with Gasteiger partial charge in [-0.3, -0.25) is 0 Å². The van der Waals surface area contributed by atoms with Crippen molar-refractivity contribution in [1.29, 1.82) is 0 Å². The van der Waals surface area contributed by atoms with Crippen molar-refractivity contribution < 1.29 is 13.5 Å². The van der Waals surface area contributed by atoms with E-state index in [-0.39, 0.29) is 17.1 Å². The molecule has 2 N–H and O–H groups in total. The predicted octanol–water partition coefficient (Wildman–Crippen LogP) is 4.47. The standard InChI is InChI=1S/C16H20BrF2NO/c17-11-7-12(18)14(13(19)8-11)15(20)10-3-6-21-16(9-10)4-1-2-5-16/h7-8,10,15H,1-6,9,20H2. The molecule has 0 aromatic heterocycles. The number of nitrogens with two attached hydrogens (primary N) is 1. The van der Waals surface area contributed by atoms with Crippen LogP contribution in [-0.4, -0.2) is 12.2 Å². The maximum absolute atomic E-state index is 14.1. The summed E-state index contributed by atoms with van der Waals surface area (Å²) in [5.41, 5.74) is 6.14. The Morgan fingerprint density at radius 2 is 1.86 bits per heavy atom. The Bertz CT molecular complexity index is 508. The second kappa shape index (κ2) is 5.94. The summed E-state index contributed by atoms with van der Waals surface area (Å²) in [6.07, 6.45) is 6.00. The van der Waals surface area contributed by atoms with E-state index >= 15 is 0 Å². The van der Waals surface area contributed by atoms with Gasteiger partial charge in [0.15, 0.2) is 0 Å². The summed E-state index contributed by atoms with van der Waals surface area (Å²) >= 11 is 3.10. The molecule has 2 unspecified atom stereocenters. The molecule has 1 saturated heterocycles. The Morgan fingerprint density at radius 1 is 1.24 bits per heavy atom. The van der Waals surface area contributed by atoms with Gasteiger partial charge in [-0.1, -0.05) is 28.8 Å². The van der Waals surface area contributed by atoms with E-state index < -0.39 is 17.7 Å². The lowest BCUT2D eigenvalue weighted by molar-refractivity contribution is -0.0966. The van der Waals surface area contributed by atoms with Crippen LogP contribution in [0.5, 0.6) is 0 Å². The molecule has 2 aliphatic rings. The first kappa shape index (κ1) is 15.4. The van der Waals surface area contributed by atoms with Gasteiger partial charge in [0.25, 0.3) is 0 Å². The predicted molar refractivity (Wildman–Crippen MR) is 80.9 cm³/mol. The number of benzene rings is 1. The Labute approximate surface area is 132 Å². The molecule has 2 nitrogen and oxygen atoms in total. The molecule has 2 atom stereocenters.